The fraction of sp³-hybridized carbons (Fsp3) is 0.296. The van der Waals surface area contributed by atoms with Crippen molar-refractivity contribution in [2.75, 3.05) is 7.11 Å². The maximum Gasteiger partial charge on any atom is 0.303 e. The van der Waals surface area contributed by atoms with E-state index in [-0.39, 0.29) is 0 Å². The van der Waals surface area contributed by atoms with Gasteiger partial charge in [-0.1, -0.05) is 66.8 Å². The largest absolute Gasteiger partial charge is 0.497 e. The van der Waals surface area contributed by atoms with Crippen molar-refractivity contribution in [2.24, 2.45) is 0 Å². The smallest absolute Gasteiger partial charge is 0.303 e. The van der Waals surface area contributed by atoms with E-state index in [4.69, 9.17) is 49.3 Å². The van der Waals surface area contributed by atoms with Crippen molar-refractivity contribution in [3.8, 4) is 17.5 Å². The average molecular weight is 518 g/mol. The van der Waals surface area contributed by atoms with Crippen LogP contribution in [0, 0.1) is 6.92 Å². The second kappa shape index (κ2) is 10.5. The minimum atomic E-state index is 0.373. The van der Waals surface area contributed by atoms with Crippen molar-refractivity contribution in [1.29, 1.82) is 0 Å². The number of rotatable bonds is 8. The van der Waals surface area contributed by atoms with E-state index in [0.29, 0.717) is 39.3 Å². The van der Waals surface area contributed by atoms with Crippen LogP contribution >= 0.6 is 34.8 Å². The molecule has 0 saturated heterocycles. The molecule has 3 aromatic carbocycles. The van der Waals surface area contributed by atoms with Crippen molar-refractivity contribution in [2.45, 2.75) is 46.1 Å². The molecular formula is C27H27Cl3N2O2. The Kier molecular flexibility index (Phi) is 7.61. The summed E-state index contributed by atoms with van der Waals surface area (Å²) in [4.78, 5) is 4.96. The van der Waals surface area contributed by atoms with E-state index < -0.39 is 0 Å². The van der Waals surface area contributed by atoms with E-state index in [1.54, 1.807) is 13.2 Å². The molecule has 0 aliphatic heterocycles. The Bertz CT molecular complexity index is 1290. The molecule has 0 spiro atoms. The Morgan fingerprint density at radius 3 is 2.26 bits per heavy atom. The minimum Gasteiger partial charge on any atom is -0.497 e. The quantitative estimate of drug-likeness (QED) is 0.234. The Morgan fingerprint density at radius 1 is 0.941 bits per heavy atom. The van der Waals surface area contributed by atoms with Gasteiger partial charge in [0.2, 0.25) is 0 Å². The third-order valence-corrected chi connectivity index (χ3v) is 6.96. The number of aromatic nitrogens is 2. The molecule has 0 saturated carbocycles. The van der Waals surface area contributed by atoms with E-state index in [9.17, 15) is 0 Å². The molecule has 0 atom stereocenters. The van der Waals surface area contributed by atoms with Crippen molar-refractivity contribution < 1.29 is 9.47 Å². The predicted molar refractivity (Wildman–Crippen MR) is 141 cm³/mol. The number of nitrogens with zero attached hydrogens (tertiary/aromatic N) is 2. The van der Waals surface area contributed by atoms with Crippen LogP contribution in [0.25, 0.3) is 11.0 Å². The molecule has 7 heteroatoms. The van der Waals surface area contributed by atoms with Crippen LogP contribution in [0.2, 0.25) is 15.1 Å². The third-order valence-electron chi connectivity index (χ3n) is 6.15. The summed E-state index contributed by atoms with van der Waals surface area (Å²) in [5, 5.41) is 1.61. The molecule has 4 rings (SSSR count). The molecule has 0 N–H and O–H groups in total. The Morgan fingerprint density at radius 2 is 1.65 bits per heavy atom. The van der Waals surface area contributed by atoms with Gasteiger partial charge in [0.25, 0.3) is 0 Å². The third kappa shape index (κ3) is 4.86. The zero-order valence-corrected chi connectivity index (χ0v) is 21.9. The van der Waals surface area contributed by atoms with Gasteiger partial charge in [0.1, 0.15) is 5.75 Å². The van der Waals surface area contributed by atoms with Crippen molar-refractivity contribution in [1.82, 2.24) is 9.55 Å². The van der Waals surface area contributed by atoms with Gasteiger partial charge in [-0.3, -0.25) is 4.57 Å². The first-order chi connectivity index (χ1) is 16.4. The van der Waals surface area contributed by atoms with Crippen LogP contribution < -0.4 is 9.47 Å². The van der Waals surface area contributed by atoms with Gasteiger partial charge in [0, 0.05) is 5.02 Å². The highest BCUT2D eigenvalue weighted by atomic mass is 35.5. The van der Waals surface area contributed by atoms with Crippen molar-refractivity contribution in [3.63, 3.8) is 0 Å². The lowest BCUT2D eigenvalue weighted by Crippen LogP contribution is -2.04. The molecule has 1 aromatic heterocycles. The number of hydrogen-bond donors (Lipinski definition) is 0. The summed E-state index contributed by atoms with van der Waals surface area (Å²) < 4.78 is 13.7. The van der Waals surface area contributed by atoms with Crippen LogP contribution in [0.5, 0.6) is 17.5 Å². The first-order valence-corrected chi connectivity index (χ1v) is 12.4. The van der Waals surface area contributed by atoms with Gasteiger partial charge in [-0.25, -0.2) is 0 Å². The highest BCUT2D eigenvalue weighted by Gasteiger charge is 2.23. The number of halogens is 3. The molecule has 178 valence electrons. The number of imidazole rings is 1. The van der Waals surface area contributed by atoms with E-state index in [2.05, 4.69) is 19.9 Å². The number of benzene rings is 3. The zero-order chi connectivity index (χ0) is 24.4. The van der Waals surface area contributed by atoms with Crippen LogP contribution in [-0.4, -0.2) is 16.7 Å². The summed E-state index contributed by atoms with van der Waals surface area (Å²) in [5.41, 5.74) is 4.76. The summed E-state index contributed by atoms with van der Waals surface area (Å²) in [6, 6.07) is 15.9. The zero-order valence-electron chi connectivity index (χ0n) is 19.7. The molecule has 4 aromatic rings. The lowest BCUT2D eigenvalue weighted by Gasteiger charge is -2.15. The summed E-state index contributed by atoms with van der Waals surface area (Å²) in [6.45, 7) is 6.81. The van der Waals surface area contributed by atoms with Crippen LogP contribution in [-0.2, 0) is 6.54 Å². The second-order valence-electron chi connectivity index (χ2n) is 8.31. The Labute approximate surface area is 215 Å². The molecule has 0 fully saturated rings. The molecule has 34 heavy (non-hydrogen) atoms. The molecule has 0 aliphatic rings. The fourth-order valence-corrected chi connectivity index (χ4v) is 5.19. The molecular weight excluding hydrogens is 491 g/mol. The summed E-state index contributed by atoms with van der Waals surface area (Å²) >= 11 is 19.4. The van der Waals surface area contributed by atoms with Gasteiger partial charge >= 0.3 is 6.01 Å². The van der Waals surface area contributed by atoms with Gasteiger partial charge in [0.05, 0.1) is 34.7 Å². The van der Waals surface area contributed by atoms with Crippen molar-refractivity contribution >= 4 is 45.8 Å². The maximum absolute atomic E-state index is 6.76. The molecule has 0 bridgehead atoms. The second-order valence-corrected chi connectivity index (χ2v) is 9.56. The van der Waals surface area contributed by atoms with Crippen LogP contribution in [0.15, 0.2) is 48.5 Å². The summed E-state index contributed by atoms with van der Waals surface area (Å²) in [6.07, 6.45) is 2.02. The molecule has 0 amide bonds. The lowest BCUT2D eigenvalue weighted by molar-refractivity contribution is 0.413. The Balaban J connectivity index is 1.91. The lowest BCUT2D eigenvalue weighted by atomic mass is 9.93. The predicted octanol–water partition coefficient (Wildman–Crippen LogP) is 9.06. The monoisotopic (exact) mass is 516 g/mol. The number of hydrogen-bond acceptors (Lipinski definition) is 3. The van der Waals surface area contributed by atoms with Crippen molar-refractivity contribution in [3.05, 3.63) is 80.3 Å². The SMILES string of the molecule is CCC(CC)c1ccc(Cl)c2c1nc(Oc1c(C)cc(Cl)cc1Cl)n2Cc1ccc(OC)cc1. The van der Waals surface area contributed by atoms with Gasteiger partial charge in [-0.15, -0.1) is 0 Å². The van der Waals surface area contributed by atoms with Gasteiger partial charge in [-0.05, 0) is 72.7 Å². The highest BCUT2D eigenvalue weighted by Crippen LogP contribution is 2.40. The number of ether oxygens (including phenoxy) is 2. The normalized spacial score (nSPS) is 11.4. The first-order valence-electron chi connectivity index (χ1n) is 11.3. The number of methoxy groups -OCH3 is 1. The van der Waals surface area contributed by atoms with Crippen LogP contribution in [0.4, 0.5) is 0 Å². The van der Waals surface area contributed by atoms with Gasteiger partial charge in [-0.2, -0.15) is 4.98 Å². The maximum atomic E-state index is 6.76. The van der Waals surface area contributed by atoms with Crippen LogP contribution in [0.1, 0.15) is 49.3 Å². The van der Waals surface area contributed by atoms with E-state index in [0.717, 1.165) is 40.8 Å². The molecule has 0 radical (unpaired) electrons. The fourth-order valence-electron chi connectivity index (χ4n) is 4.30. The number of aryl methyl sites for hydroxylation is 1. The van der Waals surface area contributed by atoms with E-state index >= 15 is 0 Å². The average Bonchev–Trinajstić information content (AvgIpc) is 3.17. The first kappa shape index (κ1) is 24.7. The molecule has 1 heterocycles. The van der Waals surface area contributed by atoms with Crippen LogP contribution in [0.3, 0.4) is 0 Å². The summed E-state index contributed by atoms with van der Waals surface area (Å²) in [7, 11) is 1.65. The molecule has 0 unspecified atom stereocenters. The van der Waals surface area contributed by atoms with E-state index in [1.807, 2.05) is 47.9 Å². The van der Waals surface area contributed by atoms with E-state index in [1.165, 1.54) is 5.56 Å². The molecule has 4 nitrogen and oxygen atoms in total. The number of fused-ring (bicyclic) bond motifs is 1. The topological polar surface area (TPSA) is 36.3 Å². The highest BCUT2D eigenvalue weighted by molar-refractivity contribution is 6.36. The minimum absolute atomic E-state index is 0.373. The Hall–Kier alpha value is -2.40. The standard InChI is InChI=1S/C27H27Cl3N2O2/c1-5-18(6-2)21-11-12-22(29)25-24(21)31-27(34-26-16(3)13-19(28)14-23(26)30)32(25)15-17-7-9-20(33-4)10-8-17/h7-14,18H,5-6,15H2,1-4H3. The molecule has 0 aliphatic carbocycles. The summed E-state index contributed by atoms with van der Waals surface area (Å²) in [5.74, 6) is 1.70. The van der Waals surface area contributed by atoms with Gasteiger partial charge in [0.15, 0.2) is 5.75 Å². The van der Waals surface area contributed by atoms with Gasteiger partial charge < -0.3 is 9.47 Å².